The van der Waals surface area contributed by atoms with Crippen molar-refractivity contribution in [3.8, 4) is 17.1 Å². The zero-order valence-electron chi connectivity index (χ0n) is 11.8. The molecular formula is C17H16O4. The lowest BCUT2D eigenvalue weighted by Gasteiger charge is -1.96. The first kappa shape index (κ1) is 14.7. The van der Waals surface area contributed by atoms with E-state index in [1.807, 2.05) is 55.5 Å². The van der Waals surface area contributed by atoms with E-state index in [0.29, 0.717) is 11.3 Å². The smallest absolute Gasteiger partial charge is 0.300 e. The standard InChI is InChI=1S/C15H12O2.C2H4O2/c1-10-7-8-13-12(9-10)14(16)15(17-13)11-5-3-2-4-6-11;1-2(3)4/h2-9,16H,1H3;1H3,(H,3,4). The zero-order valence-corrected chi connectivity index (χ0v) is 11.8. The van der Waals surface area contributed by atoms with Gasteiger partial charge >= 0.3 is 0 Å². The lowest BCUT2D eigenvalue weighted by Crippen LogP contribution is -1.78. The maximum absolute atomic E-state index is 10.2. The molecule has 0 saturated heterocycles. The molecule has 4 heteroatoms. The molecule has 0 radical (unpaired) electrons. The Morgan fingerprint density at radius 2 is 1.71 bits per heavy atom. The van der Waals surface area contributed by atoms with Crippen molar-refractivity contribution in [2.45, 2.75) is 13.8 Å². The minimum absolute atomic E-state index is 0.218. The summed E-state index contributed by atoms with van der Waals surface area (Å²) in [6, 6.07) is 15.4. The highest BCUT2D eigenvalue weighted by molar-refractivity contribution is 5.91. The molecule has 0 aliphatic heterocycles. The Morgan fingerprint density at radius 1 is 1.10 bits per heavy atom. The maximum Gasteiger partial charge on any atom is 0.300 e. The number of aliphatic carboxylic acids is 1. The Hall–Kier alpha value is -2.75. The molecule has 0 aliphatic rings. The molecule has 0 aliphatic carbocycles. The van der Waals surface area contributed by atoms with Crippen LogP contribution in [0.4, 0.5) is 0 Å². The first-order valence-electron chi connectivity index (χ1n) is 6.46. The van der Waals surface area contributed by atoms with Crippen LogP contribution in [0.2, 0.25) is 0 Å². The highest BCUT2D eigenvalue weighted by Gasteiger charge is 2.14. The van der Waals surface area contributed by atoms with Crippen LogP contribution in [-0.2, 0) is 4.79 Å². The topological polar surface area (TPSA) is 70.7 Å². The molecule has 108 valence electrons. The van der Waals surface area contributed by atoms with Gasteiger partial charge in [-0.3, -0.25) is 4.79 Å². The van der Waals surface area contributed by atoms with Crippen LogP contribution in [0, 0.1) is 6.92 Å². The quantitative estimate of drug-likeness (QED) is 0.702. The van der Waals surface area contributed by atoms with Gasteiger partial charge in [-0.15, -0.1) is 0 Å². The van der Waals surface area contributed by atoms with Crippen LogP contribution in [-0.4, -0.2) is 16.2 Å². The minimum Gasteiger partial charge on any atom is -0.504 e. The number of carboxylic acid groups (broad SMARTS) is 1. The molecule has 0 atom stereocenters. The zero-order chi connectivity index (χ0) is 15.4. The van der Waals surface area contributed by atoms with E-state index in [2.05, 4.69) is 0 Å². The van der Waals surface area contributed by atoms with Gasteiger partial charge in [-0.05, 0) is 19.1 Å². The number of aromatic hydroxyl groups is 1. The molecule has 0 unspecified atom stereocenters. The number of aryl methyl sites for hydroxylation is 1. The maximum atomic E-state index is 10.2. The van der Waals surface area contributed by atoms with Crippen molar-refractivity contribution in [1.29, 1.82) is 0 Å². The van der Waals surface area contributed by atoms with Crippen LogP contribution >= 0.6 is 0 Å². The van der Waals surface area contributed by atoms with Crippen LogP contribution < -0.4 is 0 Å². The summed E-state index contributed by atoms with van der Waals surface area (Å²) in [5.74, 6) is -0.0823. The summed E-state index contributed by atoms with van der Waals surface area (Å²) in [7, 11) is 0. The molecule has 2 aromatic carbocycles. The molecule has 4 nitrogen and oxygen atoms in total. The Kier molecular flexibility index (Phi) is 4.28. The number of hydrogen-bond acceptors (Lipinski definition) is 3. The van der Waals surface area contributed by atoms with Crippen molar-refractivity contribution in [1.82, 2.24) is 0 Å². The lowest BCUT2D eigenvalue weighted by atomic mass is 10.1. The monoisotopic (exact) mass is 284 g/mol. The van der Waals surface area contributed by atoms with Gasteiger partial charge in [-0.1, -0.05) is 42.0 Å². The number of carboxylic acids is 1. The summed E-state index contributed by atoms with van der Waals surface area (Å²) >= 11 is 0. The first-order chi connectivity index (χ1) is 9.99. The van der Waals surface area contributed by atoms with E-state index < -0.39 is 5.97 Å². The van der Waals surface area contributed by atoms with E-state index >= 15 is 0 Å². The second kappa shape index (κ2) is 6.13. The van der Waals surface area contributed by atoms with Gasteiger partial charge in [-0.25, -0.2) is 0 Å². The number of carbonyl (C=O) groups is 1. The number of hydrogen-bond donors (Lipinski definition) is 2. The Bertz CT molecular complexity index is 753. The highest BCUT2D eigenvalue weighted by Crippen LogP contribution is 2.39. The Balaban J connectivity index is 0.000000361. The van der Waals surface area contributed by atoms with Gasteiger partial charge in [0.25, 0.3) is 5.97 Å². The molecule has 2 N–H and O–H groups in total. The van der Waals surface area contributed by atoms with E-state index in [-0.39, 0.29) is 5.75 Å². The molecule has 0 spiro atoms. The molecule has 21 heavy (non-hydrogen) atoms. The van der Waals surface area contributed by atoms with Gasteiger partial charge in [0, 0.05) is 12.5 Å². The van der Waals surface area contributed by atoms with E-state index in [4.69, 9.17) is 14.3 Å². The van der Waals surface area contributed by atoms with Gasteiger partial charge in [0.05, 0.1) is 5.39 Å². The molecule has 0 saturated carbocycles. The second-order valence-electron chi connectivity index (χ2n) is 4.66. The summed E-state index contributed by atoms with van der Waals surface area (Å²) in [4.78, 5) is 9.00. The second-order valence-corrected chi connectivity index (χ2v) is 4.66. The van der Waals surface area contributed by atoms with E-state index in [9.17, 15) is 5.11 Å². The number of benzene rings is 2. The number of rotatable bonds is 1. The average molecular weight is 284 g/mol. The normalized spacial score (nSPS) is 10.0. The summed E-state index contributed by atoms with van der Waals surface area (Å²) in [5.41, 5.74) is 2.71. The van der Waals surface area contributed by atoms with E-state index in [1.165, 1.54) is 0 Å². The predicted octanol–water partition coefficient (Wildman–Crippen LogP) is 4.20. The summed E-state index contributed by atoms with van der Waals surface area (Å²) in [5, 5.41) is 18.4. The Morgan fingerprint density at radius 3 is 2.33 bits per heavy atom. The third kappa shape index (κ3) is 3.42. The third-order valence-electron chi connectivity index (χ3n) is 2.85. The molecule has 1 heterocycles. The van der Waals surface area contributed by atoms with Crippen molar-refractivity contribution in [3.05, 3.63) is 54.1 Å². The summed E-state index contributed by atoms with van der Waals surface area (Å²) in [6.45, 7) is 3.08. The average Bonchev–Trinajstić information content (AvgIpc) is 2.76. The van der Waals surface area contributed by atoms with Crippen LogP contribution in [0.5, 0.6) is 5.75 Å². The van der Waals surface area contributed by atoms with E-state index in [0.717, 1.165) is 23.4 Å². The van der Waals surface area contributed by atoms with Crippen molar-refractivity contribution < 1.29 is 19.4 Å². The molecule has 3 aromatic rings. The van der Waals surface area contributed by atoms with Crippen LogP contribution in [0.25, 0.3) is 22.3 Å². The van der Waals surface area contributed by atoms with Gasteiger partial charge < -0.3 is 14.6 Å². The molecule has 0 amide bonds. The van der Waals surface area contributed by atoms with Gasteiger partial charge in [-0.2, -0.15) is 0 Å². The highest BCUT2D eigenvalue weighted by atomic mass is 16.4. The van der Waals surface area contributed by atoms with Crippen molar-refractivity contribution in [2.24, 2.45) is 0 Å². The van der Waals surface area contributed by atoms with Crippen molar-refractivity contribution >= 4 is 16.9 Å². The van der Waals surface area contributed by atoms with Crippen molar-refractivity contribution in [2.75, 3.05) is 0 Å². The fourth-order valence-electron chi connectivity index (χ4n) is 1.98. The Labute approximate surface area is 122 Å². The van der Waals surface area contributed by atoms with Gasteiger partial charge in [0.15, 0.2) is 11.5 Å². The molecule has 3 rings (SSSR count). The summed E-state index contributed by atoms with van der Waals surface area (Å²) < 4.78 is 5.69. The minimum atomic E-state index is -0.833. The molecule has 1 aromatic heterocycles. The molecule has 0 bridgehead atoms. The predicted molar refractivity (Wildman–Crippen MR) is 81.4 cm³/mol. The third-order valence-corrected chi connectivity index (χ3v) is 2.85. The van der Waals surface area contributed by atoms with Crippen molar-refractivity contribution in [3.63, 3.8) is 0 Å². The SMILES string of the molecule is CC(=O)O.Cc1ccc2oc(-c3ccccc3)c(O)c2c1. The first-order valence-corrected chi connectivity index (χ1v) is 6.46. The molecule has 0 fully saturated rings. The van der Waals surface area contributed by atoms with Gasteiger partial charge in [0.2, 0.25) is 0 Å². The fraction of sp³-hybridized carbons (Fsp3) is 0.118. The largest absolute Gasteiger partial charge is 0.504 e. The molecular weight excluding hydrogens is 268 g/mol. The van der Waals surface area contributed by atoms with E-state index in [1.54, 1.807) is 0 Å². The van der Waals surface area contributed by atoms with Crippen LogP contribution in [0.3, 0.4) is 0 Å². The van der Waals surface area contributed by atoms with Gasteiger partial charge in [0.1, 0.15) is 5.58 Å². The fourth-order valence-corrected chi connectivity index (χ4v) is 1.98. The van der Waals surface area contributed by atoms with Crippen LogP contribution in [0.1, 0.15) is 12.5 Å². The lowest BCUT2D eigenvalue weighted by molar-refractivity contribution is -0.134. The summed E-state index contributed by atoms with van der Waals surface area (Å²) in [6.07, 6.45) is 0. The number of fused-ring (bicyclic) bond motifs is 1. The number of furan rings is 1. The van der Waals surface area contributed by atoms with Crippen LogP contribution in [0.15, 0.2) is 52.9 Å².